The lowest BCUT2D eigenvalue weighted by molar-refractivity contribution is 0.156. The molecule has 0 radical (unpaired) electrons. The minimum atomic E-state index is -0.634. The van der Waals surface area contributed by atoms with Crippen LogP contribution in [0.15, 0.2) is 12.1 Å². The van der Waals surface area contributed by atoms with Crippen LogP contribution in [0.1, 0.15) is 104 Å². The highest BCUT2D eigenvalue weighted by atomic mass is 19.2. The highest BCUT2D eigenvalue weighted by Gasteiger charge is 2.41. The minimum absolute atomic E-state index is 0.0238. The topological polar surface area (TPSA) is 24.1 Å². The number of benzene rings is 1. The zero-order chi connectivity index (χ0) is 21.1. The van der Waals surface area contributed by atoms with Crippen molar-refractivity contribution in [1.82, 2.24) is 10.6 Å². The molecule has 1 aromatic carbocycles. The van der Waals surface area contributed by atoms with Crippen molar-refractivity contribution in [1.29, 1.82) is 0 Å². The highest BCUT2D eigenvalue weighted by Crippen LogP contribution is 2.44. The van der Waals surface area contributed by atoms with Crippen molar-refractivity contribution in [3.05, 3.63) is 34.9 Å². The van der Waals surface area contributed by atoms with E-state index in [9.17, 15) is 0 Å². The van der Waals surface area contributed by atoms with E-state index >= 15 is 8.78 Å². The largest absolute Gasteiger partial charge is 0.307 e. The quantitative estimate of drug-likeness (QED) is 0.644. The van der Waals surface area contributed by atoms with Gasteiger partial charge in [-0.15, -0.1) is 0 Å². The third kappa shape index (κ3) is 4.59. The third-order valence-electron chi connectivity index (χ3n) is 6.40. The normalized spacial score (nSPS) is 26.9. The molecule has 2 nitrogen and oxygen atoms in total. The Morgan fingerprint density at radius 3 is 1.11 bits per heavy atom. The van der Waals surface area contributed by atoms with Crippen LogP contribution in [0, 0.1) is 11.6 Å². The van der Waals surface area contributed by atoms with Crippen molar-refractivity contribution in [3.8, 4) is 0 Å². The average molecular weight is 393 g/mol. The monoisotopic (exact) mass is 392 g/mol. The molecule has 2 N–H and O–H groups in total. The van der Waals surface area contributed by atoms with Gasteiger partial charge in [-0.3, -0.25) is 0 Å². The molecule has 0 bridgehead atoms. The van der Waals surface area contributed by atoms with Gasteiger partial charge in [-0.25, -0.2) is 8.78 Å². The summed E-state index contributed by atoms with van der Waals surface area (Å²) in [7, 11) is 0. The van der Waals surface area contributed by atoms with Gasteiger partial charge in [0.2, 0.25) is 0 Å². The molecule has 0 unspecified atom stereocenters. The predicted octanol–water partition coefficient (Wildman–Crippen LogP) is 6.01. The van der Waals surface area contributed by atoms with Crippen LogP contribution in [-0.2, 0) is 0 Å². The number of piperidine rings is 2. The van der Waals surface area contributed by atoms with Crippen LogP contribution < -0.4 is 10.6 Å². The maximum atomic E-state index is 15.3. The van der Waals surface area contributed by atoms with Crippen molar-refractivity contribution in [3.63, 3.8) is 0 Å². The zero-order valence-corrected chi connectivity index (χ0v) is 18.9. The number of halogens is 2. The molecule has 28 heavy (non-hydrogen) atoms. The Bertz CT molecular complexity index is 654. The second-order valence-corrected chi connectivity index (χ2v) is 11.9. The maximum Gasteiger partial charge on any atom is 0.162 e. The summed E-state index contributed by atoms with van der Waals surface area (Å²) in [5, 5.41) is 7.25. The van der Waals surface area contributed by atoms with Gasteiger partial charge in [0.05, 0.1) is 0 Å². The van der Waals surface area contributed by atoms with E-state index in [0.29, 0.717) is 11.1 Å². The molecule has 0 amide bonds. The first kappa shape index (κ1) is 21.7. The van der Waals surface area contributed by atoms with Crippen molar-refractivity contribution in [2.24, 2.45) is 0 Å². The molecule has 1 aromatic rings. The molecule has 0 saturated carbocycles. The molecule has 0 aliphatic carbocycles. The smallest absolute Gasteiger partial charge is 0.162 e. The molecule has 2 heterocycles. The summed E-state index contributed by atoms with van der Waals surface area (Å²) in [6, 6.07) is 3.72. The number of rotatable bonds is 2. The Morgan fingerprint density at radius 1 is 0.607 bits per heavy atom. The first-order valence-corrected chi connectivity index (χ1v) is 10.7. The molecule has 2 aliphatic heterocycles. The summed E-state index contributed by atoms with van der Waals surface area (Å²) in [6.45, 7) is 17.1. The molecule has 0 aromatic heterocycles. The summed E-state index contributed by atoms with van der Waals surface area (Å²) in [6.07, 6.45) is 3.22. The Balaban J connectivity index is 1.94. The van der Waals surface area contributed by atoms with E-state index in [4.69, 9.17) is 0 Å². The van der Waals surface area contributed by atoms with Gasteiger partial charge < -0.3 is 10.6 Å². The molecule has 2 aliphatic rings. The maximum absolute atomic E-state index is 15.3. The first-order chi connectivity index (χ1) is 12.6. The van der Waals surface area contributed by atoms with Crippen LogP contribution >= 0.6 is 0 Å². The molecule has 4 heteroatoms. The van der Waals surface area contributed by atoms with E-state index in [-0.39, 0.29) is 34.0 Å². The van der Waals surface area contributed by atoms with Gasteiger partial charge in [0.1, 0.15) is 0 Å². The molecular weight excluding hydrogens is 354 g/mol. The predicted molar refractivity (Wildman–Crippen MR) is 113 cm³/mol. The lowest BCUT2D eigenvalue weighted by Crippen LogP contribution is -2.57. The lowest BCUT2D eigenvalue weighted by Gasteiger charge is -2.47. The zero-order valence-electron chi connectivity index (χ0n) is 18.9. The van der Waals surface area contributed by atoms with Gasteiger partial charge in [0.15, 0.2) is 11.6 Å². The fourth-order valence-corrected chi connectivity index (χ4v) is 6.29. The van der Waals surface area contributed by atoms with Crippen LogP contribution in [0.25, 0.3) is 0 Å². The lowest BCUT2D eigenvalue weighted by atomic mass is 9.71. The Morgan fingerprint density at radius 2 is 0.857 bits per heavy atom. The molecule has 3 rings (SSSR count). The molecule has 158 valence electrons. The molecule has 2 saturated heterocycles. The number of nitrogens with one attached hydrogen (secondary N) is 2. The second-order valence-electron chi connectivity index (χ2n) is 11.9. The van der Waals surface area contributed by atoms with Gasteiger partial charge in [-0.2, -0.15) is 0 Å². The van der Waals surface area contributed by atoms with Crippen molar-refractivity contribution in [2.45, 2.75) is 115 Å². The molecular formula is C24H38F2N2. The Kier molecular flexibility index (Phi) is 5.25. The standard InChI is InChI=1S/C24H38F2N2/c1-21(2)11-15(12-22(3,4)27-21)17-9-10-18(20(26)19(17)25)16-13-23(5,6)28-24(7,8)14-16/h9-10,15-16,27-28H,11-14H2,1-8H3. The van der Waals surface area contributed by atoms with Crippen LogP contribution in [0.2, 0.25) is 0 Å². The highest BCUT2D eigenvalue weighted by molar-refractivity contribution is 5.33. The minimum Gasteiger partial charge on any atom is -0.307 e. The van der Waals surface area contributed by atoms with Crippen LogP contribution in [-0.4, -0.2) is 22.2 Å². The van der Waals surface area contributed by atoms with Gasteiger partial charge in [-0.1, -0.05) is 12.1 Å². The van der Waals surface area contributed by atoms with E-state index in [1.165, 1.54) is 0 Å². The SMILES string of the molecule is CC1(C)CC(c2ccc(C3CC(C)(C)NC(C)(C)C3)c(F)c2F)CC(C)(C)N1. The summed E-state index contributed by atoms with van der Waals surface area (Å²) < 4.78 is 30.6. The van der Waals surface area contributed by atoms with Gasteiger partial charge in [-0.05, 0) is 104 Å². The third-order valence-corrected chi connectivity index (χ3v) is 6.40. The fraction of sp³-hybridized carbons (Fsp3) is 0.750. The Labute approximate surface area is 169 Å². The summed E-state index contributed by atoms with van der Waals surface area (Å²) >= 11 is 0. The number of hydrogen-bond acceptors (Lipinski definition) is 2. The van der Waals surface area contributed by atoms with Crippen molar-refractivity contribution >= 4 is 0 Å². The van der Waals surface area contributed by atoms with E-state index in [1.807, 2.05) is 12.1 Å². The molecule has 0 spiro atoms. The van der Waals surface area contributed by atoms with Gasteiger partial charge in [0, 0.05) is 22.2 Å². The summed E-state index contributed by atoms with van der Waals surface area (Å²) in [5.74, 6) is -1.22. The van der Waals surface area contributed by atoms with Crippen molar-refractivity contribution < 1.29 is 8.78 Å². The van der Waals surface area contributed by atoms with E-state index in [0.717, 1.165) is 25.7 Å². The van der Waals surface area contributed by atoms with Crippen LogP contribution in [0.3, 0.4) is 0 Å². The first-order valence-electron chi connectivity index (χ1n) is 10.7. The van der Waals surface area contributed by atoms with Gasteiger partial charge >= 0.3 is 0 Å². The van der Waals surface area contributed by atoms with Crippen molar-refractivity contribution in [2.75, 3.05) is 0 Å². The number of hydrogen-bond donors (Lipinski definition) is 2. The average Bonchev–Trinajstić information content (AvgIpc) is 2.43. The fourth-order valence-electron chi connectivity index (χ4n) is 6.29. The summed E-state index contributed by atoms with van der Waals surface area (Å²) in [4.78, 5) is 0. The summed E-state index contributed by atoms with van der Waals surface area (Å²) in [5.41, 5.74) is 0.676. The second kappa shape index (κ2) is 6.77. The molecule has 0 atom stereocenters. The van der Waals surface area contributed by atoms with E-state index < -0.39 is 11.6 Å². The Hall–Kier alpha value is -1.00. The van der Waals surface area contributed by atoms with Crippen LogP contribution in [0.4, 0.5) is 8.78 Å². The molecule has 2 fully saturated rings. The van der Waals surface area contributed by atoms with Gasteiger partial charge in [0.25, 0.3) is 0 Å². The van der Waals surface area contributed by atoms with Crippen LogP contribution in [0.5, 0.6) is 0 Å². The van der Waals surface area contributed by atoms with E-state index in [1.54, 1.807) is 0 Å². The van der Waals surface area contributed by atoms with E-state index in [2.05, 4.69) is 66.0 Å².